The van der Waals surface area contributed by atoms with E-state index in [-0.39, 0.29) is 5.91 Å². The molecule has 0 saturated carbocycles. The number of carbonyl (C=O) groups excluding carboxylic acids is 1. The van der Waals surface area contributed by atoms with Crippen molar-refractivity contribution >= 4 is 28.3 Å². The molecule has 146 valence electrons. The predicted molar refractivity (Wildman–Crippen MR) is 116 cm³/mol. The van der Waals surface area contributed by atoms with E-state index in [0.717, 1.165) is 35.2 Å². The molecule has 4 aromatic rings. The van der Waals surface area contributed by atoms with Crippen molar-refractivity contribution in [2.24, 2.45) is 0 Å². The summed E-state index contributed by atoms with van der Waals surface area (Å²) in [5.74, 6) is 0.809. The van der Waals surface area contributed by atoms with E-state index < -0.39 is 0 Å². The van der Waals surface area contributed by atoms with Gasteiger partial charge in [-0.05, 0) is 47.9 Å². The summed E-state index contributed by atoms with van der Waals surface area (Å²) in [6, 6.07) is 15.8. The number of H-pyrrole nitrogens is 1. The van der Waals surface area contributed by atoms with Gasteiger partial charge in [-0.25, -0.2) is 4.98 Å². The van der Waals surface area contributed by atoms with Crippen LogP contribution in [0, 0.1) is 0 Å². The van der Waals surface area contributed by atoms with Gasteiger partial charge in [0.05, 0.1) is 18.3 Å². The fourth-order valence-electron chi connectivity index (χ4n) is 3.30. The van der Waals surface area contributed by atoms with Crippen LogP contribution in [-0.2, 0) is 17.6 Å². The van der Waals surface area contributed by atoms with Gasteiger partial charge in [0.15, 0.2) is 0 Å². The first-order valence-electron chi connectivity index (χ1n) is 9.60. The quantitative estimate of drug-likeness (QED) is 0.507. The highest BCUT2D eigenvalue weighted by atomic mass is 16.1. The van der Waals surface area contributed by atoms with Crippen LogP contribution in [0.2, 0.25) is 0 Å². The van der Waals surface area contributed by atoms with E-state index in [1.807, 2.05) is 61.8 Å². The Bertz CT molecular complexity index is 1090. The SMILES string of the molecule is CN(CCc1ccncc1)c1ccc(NC(=O)Cc2c[nH]c3ccccc23)cn1. The number of aromatic amines is 1. The van der Waals surface area contributed by atoms with Crippen molar-refractivity contribution in [3.05, 3.63) is 84.4 Å². The van der Waals surface area contributed by atoms with E-state index in [9.17, 15) is 4.79 Å². The molecule has 0 saturated heterocycles. The van der Waals surface area contributed by atoms with Crippen molar-refractivity contribution in [3.8, 4) is 0 Å². The molecule has 2 N–H and O–H groups in total. The molecule has 0 aliphatic carbocycles. The van der Waals surface area contributed by atoms with Crippen LogP contribution in [-0.4, -0.2) is 34.5 Å². The smallest absolute Gasteiger partial charge is 0.228 e. The lowest BCUT2D eigenvalue weighted by molar-refractivity contribution is -0.115. The molecule has 1 aromatic carbocycles. The zero-order valence-corrected chi connectivity index (χ0v) is 16.3. The van der Waals surface area contributed by atoms with Gasteiger partial charge in [0.25, 0.3) is 0 Å². The highest BCUT2D eigenvalue weighted by Gasteiger charge is 2.10. The molecule has 0 bridgehead atoms. The second-order valence-electron chi connectivity index (χ2n) is 7.02. The number of rotatable bonds is 7. The molecule has 0 aliphatic heterocycles. The maximum atomic E-state index is 12.4. The summed E-state index contributed by atoms with van der Waals surface area (Å²) in [5.41, 5.74) is 3.96. The first-order chi connectivity index (χ1) is 14.2. The van der Waals surface area contributed by atoms with Crippen molar-refractivity contribution < 1.29 is 4.79 Å². The average molecular weight is 385 g/mol. The number of carbonyl (C=O) groups is 1. The maximum Gasteiger partial charge on any atom is 0.228 e. The minimum Gasteiger partial charge on any atom is -0.361 e. The zero-order chi connectivity index (χ0) is 20.1. The number of hydrogen-bond acceptors (Lipinski definition) is 4. The minimum absolute atomic E-state index is 0.0599. The van der Waals surface area contributed by atoms with E-state index in [1.165, 1.54) is 5.56 Å². The summed E-state index contributed by atoms with van der Waals surface area (Å²) in [6.45, 7) is 0.850. The Balaban J connectivity index is 1.33. The Morgan fingerprint density at radius 2 is 1.93 bits per heavy atom. The fourth-order valence-corrected chi connectivity index (χ4v) is 3.30. The third kappa shape index (κ3) is 4.60. The van der Waals surface area contributed by atoms with E-state index in [2.05, 4.69) is 25.2 Å². The first-order valence-corrected chi connectivity index (χ1v) is 9.60. The molecule has 1 amide bonds. The molecule has 29 heavy (non-hydrogen) atoms. The standard InChI is InChI=1S/C23H23N5O/c1-28(13-10-17-8-11-24-12-9-17)22-7-6-19(16-26-22)27-23(29)14-18-15-25-21-5-3-2-4-20(18)21/h2-9,11-12,15-16,25H,10,13-14H2,1H3,(H,27,29). The summed E-state index contributed by atoms with van der Waals surface area (Å²) in [6.07, 6.45) is 8.44. The van der Waals surface area contributed by atoms with E-state index in [1.54, 1.807) is 18.6 Å². The Kier molecular flexibility index (Phi) is 5.52. The molecule has 0 spiro atoms. The van der Waals surface area contributed by atoms with Gasteiger partial charge in [-0.3, -0.25) is 9.78 Å². The van der Waals surface area contributed by atoms with Crippen molar-refractivity contribution in [2.75, 3.05) is 23.8 Å². The van der Waals surface area contributed by atoms with Gasteiger partial charge >= 0.3 is 0 Å². The number of nitrogens with one attached hydrogen (secondary N) is 2. The van der Waals surface area contributed by atoms with Crippen LogP contribution < -0.4 is 10.2 Å². The topological polar surface area (TPSA) is 73.9 Å². The molecule has 6 nitrogen and oxygen atoms in total. The number of pyridine rings is 2. The maximum absolute atomic E-state index is 12.4. The zero-order valence-electron chi connectivity index (χ0n) is 16.3. The van der Waals surface area contributed by atoms with Crippen LogP contribution in [0.5, 0.6) is 0 Å². The van der Waals surface area contributed by atoms with Crippen molar-refractivity contribution in [3.63, 3.8) is 0 Å². The predicted octanol–water partition coefficient (Wildman–Crippen LogP) is 3.82. The van der Waals surface area contributed by atoms with Crippen LogP contribution in [0.25, 0.3) is 10.9 Å². The molecule has 0 unspecified atom stereocenters. The second-order valence-corrected chi connectivity index (χ2v) is 7.02. The Labute approximate surface area is 169 Å². The molecule has 3 aromatic heterocycles. The minimum atomic E-state index is -0.0599. The molecule has 6 heteroatoms. The number of fused-ring (bicyclic) bond motifs is 1. The van der Waals surface area contributed by atoms with Gasteiger partial charge in [-0.1, -0.05) is 18.2 Å². The highest BCUT2D eigenvalue weighted by Crippen LogP contribution is 2.19. The largest absolute Gasteiger partial charge is 0.361 e. The number of hydrogen-bond donors (Lipinski definition) is 2. The summed E-state index contributed by atoms with van der Waals surface area (Å²) < 4.78 is 0. The van der Waals surface area contributed by atoms with Gasteiger partial charge in [0.2, 0.25) is 5.91 Å². The lowest BCUT2D eigenvalue weighted by Crippen LogP contribution is -2.21. The van der Waals surface area contributed by atoms with Crippen LogP contribution in [0.4, 0.5) is 11.5 Å². The molecule has 0 radical (unpaired) electrons. The summed E-state index contributed by atoms with van der Waals surface area (Å²) in [7, 11) is 2.01. The second kappa shape index (κ2) is 8.56. The molecule has 0 atom stereocenters. The van der Waals surface area contributed by atoms with Gasteiger partial charge in [0.1, 0.15) is 5.82 Å². The number of anilines is 2. The number of para-hydroxylation sites is 1. The van der Waals surface area contributed by atoms with Crippen LogP contribution in [0.3, 0.4) is 0 Å². The molecule has 3 heterocycles. The molecule has 0 fully saturated rings. The Hall–Kier alpha value is -3.67. The van der Waals surface area contributed by atoms with Gasteiger partial charge in [0, 0.05) is 43.1 Å². The van der Waals surface area contributed by atoms with E-state index >= 15 is 0 Å². The van der Waals surface area contributed by atoms with E-state index in [4.69, 9.17) is 0 Å². The molecular formula is C23H23N5O. The van der Waals surface area contributed by atoms with Crippen LogP contribution in [0.1, 0.15) is 11.1 Å². The van der Waals surface area contributed by atoms with Crippen LogP contribution in [0.15, 0.2) is 73.3 Å². The summed E-state index contributed by atoms with van der Waals surface area (Å²) >= 11 is 0. The highest BCUT2D eigenvalue weighted by molar-refractivity contribution is 5.95. The normalized spacial score (nSPS) is 10.8. The average Bonchev–Trinajstić information content (AvgIpc) is 3.16. The summed E-state index contributed by atoms with van der Waals surface area (Å²) in [4.78, 5) is 26.3. The summed E-state index contributed by atoms with van der Waals surface area (Å²) in [5, 5.41) is 4.00. The van der Waals surface area contributed by atoms with Crippen LogP contribution >= 0.6 is 0 Å². The van der Waals surface area contributed by atoms with Crippen molar-refractivity contribution in [1.29, 1.82) is 0 Å². The van der Waals surface area contributed by atoms with Gasteiger partial charge < -0.3 is 15.2 Å². The number of amides is 1. The fraction of sp³-hybridized carbons (Fsp3) is 0.174. The van der Waals surface area contributed by atoms with Gasteiger partial charge in [-0.2, -0.15) is 0 Å². The van der Waals surface area contributed by atoms with E-state index in [0.29, 0.717) is 12.1 Å². The molecule has 4 rings (SSSR count). The Morgan fingerprint density at radius 1 is 1.10 bits per heavy atom. The molecule has 0 aliphatic rings. The third-order valence-electron chi connectivity index (χ3n) is 4.93. The monoisotopic (exact) mass is 385 g/mol. The lowest BCUT2D eigenvalue weighted by Gasteiger charge is -2.18. The van der Waals surface area contributed by atoms with Gasteiger partial charge in [-0.15, -0.1) is 0 Å². The Morgan fingerprint density at radius 3 is 2.72 bits per heavy atom. The number of aromatic nitrogens is 3. The lowest BCUT2D eigenvalue weighted by atomic mass is 10.1. The first kappa shape index (κ1) is 18.7. The number of likely N-dealkylation sites (N-methyl/N-ethyl adjacent to an activating group) is 1. The molecular weight excluding hydrogens is 362 g/mol. The van der Waals surface area contributed by atoms with Crippen molar-refractivity contribution in [2.45, 2.75) is 12.8 Å². The third-order valence-corrected chi connectivity index (χ3v) is 4.93. The number of nitrogens with zero attached hydrogens (tertiary/aromatic N) is 3. The van der Waals surface area contributed by atoms with Crippen molar-refractivity contribution in [1.82, 2.24) is 15.0 Å². The number of benzene rings is 1.